The first-order valence-electron chi connectivity index (χ1n) is 7.28. The number of H-pyrrole nitrogens is 1. The Morgan fingerprint density at radius 2 is 2.17 bits per heavy atom. The van der Waals surface area contributed by atoms with Crippen LogP contribution in [0.2, 0.25) is 0 Å². The number of methoxy groups -OCH3 is 1. The number of ether oxygens (including phenoxy) is 3. The van der Waals surface area contributed by atoms with Crippen LogP contribution < -0.4 is 11.2 Å². The van der Waals surface area contributed by atoms with Gasteiger partial charge < -0.3 is 19.3 Å². The van der Waals surface area contributed by atoms with Crippen molar-refractivity contribution in [3.63, 3.8) is 0 Å². The Morgan fingerprint density at radius 3 is 2.78 bits per heavy atom. The summed E-state index contributed by atoms with van der Waals surface area (Å²) in [7, 11) is 1.58. The fourth-order valence-corrected chi connectivity index (χ4v) is 3.69. The predicted octanol–water partition coefficient (Wildman–Crippen LogP) is -0.182. The molecule has 2 N–H and O–H groups in total. The van der Waals surface area contributed by atoms with E-state index in [0.717, 1.165) is 0 Å². The van der Waals surface area contributed by atoms with Crippen LogP contribution in [0.15, 0.2) is 15.8 Å². The Morgan fingerprint density at radius 1 is 1.43 bits per heavy atom. The largest absolute Gasteiger partial charge is 0.394 e. The first-order valence-corrected chi connectivity index (χ1v) is 8.81. The van der Waals surface area contributed by atoms with E-state index < -0.39 is 29.7 Å². The summed E-state index contributed by atoms with van der Waals surface area (Å²) < 4.78 is 18.7. The molecule has 4 atom stereocenters. The van der Waals surface area contributed by atoms with Crippen LogP contribution in [0.1, 0.15) is 11.8 Å². The van der Waals surface area contributed by atoms with Crippen LogP contribution in [0.5, 0.6) is 0 Å². The second kappa shape index (κ2) is 8.38. The molecule has 1 aliphatic rings. The number of halogens is 1. The Hall–Kier alpha value is -0.750. The zero-order valence-electron chi connectivity index (χ0n) is 13.0. The van der Waals surface area contributed by atoms with Crippen molar-refractivity contribution in [2.24, 2.45) is 5.92 Å². The molecular formula is C14H21IN2O6. The first kappa shape index (κ1) is 18.6. The highest BCUT2D eigenvalue weighted by atomic mass is 127. The van der Waals surface area contributed by atoms with E-state index in [1.807, 2.05) is 0 Å². The van der Waals surface area contributed by atoms with Crippen molar-refractivity contribution < 1.29 is 19.3 Å². The minimum absolute atomic E-state index is 0.0680. The molecule has 9 heteroatoms. The van der Waals surface area contributed by atoms with E-state index in [9.17, 15) is 14.7 Å². The number of nitrogens with zero attached hydrogens (tertiary/aromatic N) is 1. The van der Waals surface area contributed by atoms with E-state index in [1.54, 1.807) is 14.0 Å². The summed E-state index contributed by atoms with van der Waals surface area (Å²) in [6.07, 6.45) is -0.0831. The number of alkyl halides is 1. The van der Waals surface area contributed by atoms with Gasteiger partial charge in [0.2, 0.25) is 0 Å². The van der Waals surface area contributed by atoms with Crippen molar-refractivity contribution in [1.29, 1.82) is 0 Å². The Balaban J connectivity index is 2.35. The molecule has 0 spiro atoms. The zero-order valence-corrected chi connectivity index (χ0v) is 15.2. The number of hydrogen-bond donors (Lipinski definition) is 2. The van der Waals surface area contributed by atoms with Gasteiger partial charge in [0.1, 0.15) is 6.10 Å². The molecule has 0 aliphatic carbocycles. The SMILES string of the molecule is COCCOC1C(CI)[C@H](CO)O[C@@H]1n1cc(C)c(=O)[nH]c1=O. The third kappa shape index (κ3) is 4.02. The Labute approximate surface area is 146 Å². The Kier molecular flexibility index (Phi) is 6.77. The molecule has 2 heterocycles. The van der Waals surface area contributed by atoms with E-state index in [1.165, 1.54) is 10.8 Å². The average Bonchev–Trinajstić information content (AvgIpc) is 2.88. The van der Waals surface area contributed by atoms with Crippen LogP contribution in [0.25, 0.3) is 0 Å². The van der Waals surface area contributed by atoms with Gasteiger partial charge in [0.05, 0.1) is 25.9 Å². The van der Waals surface area contributed by atoms with E-state index >= 15 is 0 Å². The predicted molar refractivity (Wildman–Crippen MR) is 91.0 cm³/mol. The number of aryl methyl sites for hydroxylation is 1. The van der Waals surface area contributed by atoms with Crippen molar-refractivity contribution in [2.75, 3.05) is 31.4 Å². The highest BCUT2D eigenvalue weighted by molar-refractivity contribution is 14.1. The maximum Gasteiger partial charge on any atom is 0.330 e. The standard InChI is InChI=1S/C14H21IN2O6/c1-8-6-17(14(20)16-12(8)19)13-11(22-4-3-21-2)9(5-15)10(7-18)23-13/h6,9-11,13,18H,3-5,7H2,1-2H3,(H,16,19,20)/t9?,10-,11?,13-/m0/s1. The van der Waals surface area contributed by atoms with Gasteiger partial charge in [-0.2, -0.15) is 0 Å². The summed E-state index contributed by atoms with van der Waals surface area (Å²) in [4.78, 5) is 25.9. The number of aliphatic hydroxyl groups is 1. The molecule has 0 bridgehead atoms. The first-order chi connectivity index (χ1) is 11.0. The fraction of sp³-hybridized carbons (Fsp3) is 0.714. The zero-order chi connectivity index (χ0) is 17.0. The van der Waals surface area contributed by atoms with Crippen LogP contribution in [0, 0.1) is 12.8 Å². The highest BCUT2D eigenvalue weighted by Gasteiger charge is 2.45. The van der Waals surface area contributed by atoms with Crippen molar-refractivity contribution >= 4 is 22.6 Å². The van der Waals surface area contributed by atoms with Gasteiger partial charge in [-0.05, 0) is 6.92 Å². The maximum absolute atomic E-state index is 12.1. The molecule has 0 radical (unpaired) electrons. The van der Waals surface area contributed by atoms with Crippen molar-refractivity contribution in [3.05, 3.63) is 32.6 Å². The Bertz CT molecular complexity index is 630. The summed E-state index contributed by atoms with van der Waals surface area (Å²) in [5.41, 5.74) is -0.579. The van der Waals surface area contributed by atoms with Crippen molar-refractivity contribution in [3.8, 4) is 0 Å². The number of aliphatic hydroxyl groups excluding tert-OH is 1. The van der Waals surface area contributed by atoms with Crippen molar-refractivity contribution in [2.45, 2.75) is 25.4 Å². The summed E-state index contributed by atoms with van der Waals surface area (Å²) in [5.74, 6) is -0.0680. The van der Waals surface area contributed by atoms with Gasteiger partial charge in [0, 0.05) is 29.2 Å². The van der Waals surface area contributed by atoms with Gasteiger partial charge in [-0.1, -0.05) is 22.6 Å². The van der Waals surface area contributed by atoms with Crippen LogP contribution in [-0.4, -0.2) is 58.2 Å². The third-order valence-electron chi connectivity index (χ3n) is 3.87. The smallest absolute Gasteiger partial charge is 0.330 e. The molecule has 2 unspecified atom stereocenters. The highest BCUT2D eigenvalue weighted by Crippen LogP contribution is 2.36. The van der Waals surface area contributed by atoms with E-state index in [0.29, 0.717) is 23.2 Å². The van der Waals surface area contributed by atoms with Gasteiger partial charge in [0.25, 0.3) is 5.56 Å². The number of rotatable bonds is 7. The molecule has 2 rings (SSSR count). The topological polar surface area (TPSA) is 103 Å². The molecular weight excluding hydrogens is 419 g/mol. The maximum atomic E-state index is 12.1. The van der Waals surface area contributed by atoms with E-state index in [4.69, 9.17) is 14.2 Å². The average molecular weight is 440 g/mol. The number of aromatic nitrogens is 2. The summed E-state index contributed by atoms with van der Waals surface area (Å²) in [6.45, 7) is 2.22. The van der Waals surface area contributed by atoms with Gasteiger partial charge in [-0.3, -0.25) is 14.3 Å². The van der Waals surface area contributed by atoms with Crippen LogP contribution in [0.4, 0.5) is 0 Å². The lowest BCUT2D eigenvalue weighted by molar-refractivity contribution is -0.0794. The lowest BCUT2D eigenvalue weighted by Gasteiger charge is -2.24. The molecule has 1 aromatic rings. The lowest BCUT2D eigenvalue weighted by Crippen LogP contribution is -2.39. The molecule has 1 aliphatic heterocycles. The second-order valence-corrected chi connectivity index (χ2v) is 6.25. The van der Waals surface area contributed by atoms with Gasteiger partial charge >= 0.3 is 5.69 Å². The summed E-state index contributed by atoms with van der Waals surface area (Å²) >= 11 is 2.21. The number of nitrogens with one attached hydrogen (secondary N) is 1. The minimum Gasteiger partial charge on any atom is -0.394 e. The lowest BCUT2D eigenvalue weighted by atomic mass is 10.0. The van der Waals surface area contributed by atoms with E-state index in [2.05, 4.69) is 27.6 Å². The quantitative estimate of drug-likeness (QED) is 0.347. The van der Waals surface area contributed by atoms with Gasteiger partial charge in [-0.25, -0.2) is 4.79 Å². The molecule has 130 valence electrons. The van der Waals surface area contributed by atoms with Crippen molar-refractivity contribution in [1.82, 2.24) is 9.55 Å². The molecule has 1 aromatic heterocycles. The monoisotopic (exact) mass is 440 g/mol. The number of aromatic amines is 1. The molecule has 0 saturated carbocycles. The number of hydrogen-bond acceptors (Lipinski definition) is 6. The van der Waals surface area contributed by atoms with Crippen LogP contribution in [-0.2, 0) is 14.2 Å². The molecule has 1 saturated heterocycles. The second-order valence-electron chi connectivity index (χ2n) is 5.37. The molecule has 1 fully saturated rings. The van der Waals surface area contributed by atoms with Gasteiger partial charge in [-0.15, -0.1) is 0 Å². The third-order valence-corrected chi connectivity index (χ3v) is 4.89. The normalized spacial score (nSPS) is 27.5. The summed E-state index contributed by atoms with van der Waals surface area (Å²) in [6, 6.07) is 0. The van der Waals surface area contributed by atoms with Crippen LogP contribution >= 0.6 is 22.6 Å². The van der Waals surface area contributed by atoms with E-state index in [-0.39, 0.29) is 12.5 Å². The fourth-order valence-electron chi connectivity index (χ4n) is 2.62. The molecule has 23 heavy (non-hydrogen) atoms. The molecule has 0 amide bonds. The van der Waals surface area contributed by atoms with Gasteiger partial charge in [0.15, 0.2) is 6.23 Å². The van der Waals surface area contributed by atoms with Crippen LogP contribution in [0.3, 0.4) is 0 Å². The molecule has 0 aromatic carbocycles. The minimum atomic E-state index is -0.702. The summed E-state index contributed by atoms with van der Waals surface area (Å²) in [5, 5.41) is 9.54. The molecule has 8 nitrogen and oxygen atoms in total.